The molecule has 1 unspecified atom stereocenters. The average Bonchev–Trinajstić information content (AvgIpc) is 3.10. The highest BCUT2D eigenvalue weighted by atomic mass is 32.2. The van der Waals surface area contributed by atoms with E-state index in [9.17, 15) is 29.1 Å². The number of thioether (sulfide) groups is 1. The SMILES string of the molecule is CCCCCCCCCCCCCCCC(=O)NCC(O)CSCCC(=O)NCc1ccc(C(=O)N[C@@H](CCC(=O)OC(C)(C)C)C(=O)OC(C)(C)C)cc1. The number of ether oxygens (including phenoxy) is 2. The third-order valence-corrected chi connectivity index (χ3v) is 9.70. The van der Waals surface area contributed by atoms with Crippen molar-refractivity contribution in [2.75, 3.05) is 18.1 Å². The highest BCUT2D eigenvalue weighted by Gasteiger charge is 2.28. The number of hydrogen-bond donors (Lipinski definition) is 4. The fourth-order valence-electron chi connectivity index (χ4n) is 5.65. The minimum atomic E-state index is -1.05. The smallest absolute Gasteiger partial charge is 0.329 e. The molecular formula is C43H73N3O8S. The van der Waals surface area contributed by atoms with Crippen LogP contribution >= 0.6 is 11.8 Å². The predicted octanol–water partition coefficient (Wildman–Crippen LogP) is 7.95. The Balaban J connectivity index is 2.27. The topological polar surface area (TPSA) is 160 Å². The van der Waals surface area contributed by atoms with Crippen LogP contribution in [0.3, 0.4) is 0 Å². The van der Waals surface area contributed by atoms with E-state index in [0.717, 1.165) is 18.4 Å². The predicted molar refractivity (Wildman–Crippen MR) is 222 cm³/mol. The van der Waals surface area contributed by atoms with Gasteiger partial charge in [0.1, 0.15) is 17.2 Å². The molecule has 12 heteroatoms. The number of nitrogens with one attached hydrogen (secondary N) is 3. The van der Waals surface area contributed by atoms with Gasteiger partial charge in [0.25, 0.3) is 5.91 Å². The number of aliphatic hydroxyl groups is 1. The van der Waals surface area contributed by atoms with Crippen LogP contribution in [0.5, 0.6) is 0 Å². The van der Waals surface area contributed by atoms with Gasteiger partial charge in [-0.1, -0.05) is 96.1 Å². The normalized spacial score (nSPS) is 12.7. The van der Waals surface area contributed by atoms with Gasteiger partial charge in [0.15, 0.2) is 0 Å². The van der Waals surface area contributed by atoms with Gasteiger partial charge in [-0.2, -0.15) is 11.8 Å². The standard InChI is InChI=1S/C43H73N3O8S/c1-8-9-10-11-12-13-14-15-16-17-18-19-20-21-37(48)45-31-35(47)32-55-29-28-38(49)44-30-33-22-24-34(25-23-33)40(51)46-36(41(52)54-43(5,6)7)26-27-39(50)53-42(2,3)4/h22-25,35-36,47H,8-21,26-32H2,1-7H3,(H,44,49)(H,45,48)(H,46,51)/t35?,36-/m0/s1. The number of aliphatic hydroxyl groups excluding tert-OH is 1. The van der Waals surface area contributed by atoms with Gasteiger partial charge in [0.2, 0.25) is 11.8 Å². The molecule has 4 N–H and O–H groups in total. The Labute approximate surface area is 336 Å². The van der Waals surface area contributed by atoms with E-state index >= 15 is 0 Å². The maximum atomic E-state index is 13.0. The van der Waals surface area contributed by atoms with Gasteiger partial charge in [0.05, 0.1) is 6.10 Å². The zero-order valence-electron chi connectivity index (χ0n) is 35.0. The monoisotopic (exact) mass is 792 g/mol. The highest BCUT2D eigenvalue weighted by Crippen LogP contribution is 2.16. The van der Waals surface area contributed by atoms with Crippen molar-refractivity contribution >= 4 is 41.4 Å². The maximum absolute atomic E-state index is 13.0. The Morgan fingerprint density at radius 1 is 0.691 bits per heavy atom. The van der Waals surface area contributed by atoms with Gasteiger partial charge in [-0.3, -0.25) is 19.2 Å². The Morgan fingerprint density at radius 2 is 1.22 bits per heavy atom. The van der Waals surface area contributed by atoms with Crippen LogP contribution in [-0.2, 0) is 35.2 Å². The van der Waals surface area contributed by atoms with Crippen molar-refractivity contribution in [2.24, 2.45) is 0 Å². The largest absolute Gasteiger partial charge is 0.460 e. The molecule has 1 aromatic carbocycles. The molecule has 55 heavy (non-hydrogen) atoms. The molecule has 3 amide bonds. The first-order chi connectivity index (χ1) is 26.0. The van der Waals surface area contributed by atoms with E-state index < -0.39 is 41.2 Å². The zero-order chi connectivity index (χ0) is 41.1. The van der Waals surface area contributed by atoms with Gasteiger partial charge in [-0.15, -0.1) is 0 Å². The molecule has 0 bridgehead atoms. The summed E-state index contributed by atoms with van der Waals surface area (Å²) in [6.07, 6.45) is 16.5. The highest BCUT2D eigenvalue weighted by molar-refractivity contribution is 7.99. The zero-order valence-corrected chi connectivity index (χ0v) is 35.8. The number of carbonyl (C=O) groups is 5. The van der Waals surface area contributed by atoms with E-state index in [1.54, 1.807) is 65.8 Å². The van der Waals surface area contributed by atoms with Crippen LogP contribution in [0.2, 0.25) is 0 Å². The minimum absolute atomic E-state index is 0.0209. The molecule has 0 aliphatic rings. The lowest BCUT2D eigenvalue weighted by Gasteiger charge is -2.25. The second-order valence-corrected chi connectivity index (χ2v) is 17.6. The van der Waals surface area contributed by atoms with Crippen molar-refractivity contribution in [3.63, 3.8) is 0 Å². The van der Waals surface area contributed by atoms with E-state index in [1.807, 2.05) is 0 Å². The van der Waals surface area contributed by atoms with Crippen LogP contribution in [0.1, 0.15) is 174 Å². The number of carbonyl (C=O) groups excluding carboxylic acids is 5. The van der Waals surface area contributed by atoms with Gasteiger partial charge < -0.3 is 30.5 Å². The molecule has 1 aromatic rings. The summed E-state index contributed by atoms with van der Waals surface area (Å²) < 4.78 is 10.8. The van der Waals surface area contributed by atoms with Crippen molar-refractivity contribution in [3.05, 3.63) is 35.4 Å². The number of unbranched alkanes of at least 4 members (excludes halogenated alkanes) is 12. The second-order valence-electron chi connectivity index (χ2n) is 16.4. The molecule has 314 valence electrons. The van der Waals surface area contributed by atoms with Gasteiger partial charge in [-0.05, 0) is 72.1 Å². The molecule has 0 saturated heterocycles. The first-order valence-electron chi connectivity index (χ1n) is 20.6. The third kappa shape index (κ3) is 28.0. The fraction of sp³-hybridized carbons (Fsp3) is 0.744. The molecule has 2 atom stereocenters. The van der Waals surface area contributed by atoms with E-state index in [-0.39, 0.29) is 44.2 Å². The minimum Gasteiger partial charge on any atom is -0.460 e. The molecule has 0 spiro atoms. The molecule has 0 aliphatic heterocycles. The Bertz CT molecular complexity index is 1260. The molecule has 0 fully saturated rings. The number of benzene rings is 1. The molecular weight excluding hydrogens is 719 g/mol. The number of esters is 2. The molecule has 11 nitrogen and oxygen atoms in total. The number of amides is 3. The summed E-state index contributed by atoms with van der Waals surface area (Å²) in [4.78, 5) is 62.7. The lowest BCUT2D eigenvalue weighted by molar-refractivity contribution is -0.158. The number of hydrogen-bond acceptors (Lipinski definition) is 9. The first-order valence-corrected chi connectivity index (χ1v) is 21.8. The Morgan fingerprint density at radius 3 is 1.76 bits per heavy atom. The summed E-state index contributed by atoms with van der Waals surface area (Å²) in [7, 11) is 0. The van der Waals surface area contributed by atoms with Crippen LogP contribution in [0, 0.1) is 0 Å². The number of rotatable bonds is 29. The van der Waals surface area contributed by atoms with Gasteiger partial charge in [-0.25, -0.2) is 4.79 Å². The molecule has 0 saturated carbocycles. The van der Waals surface area contributed by atoms with E-state index in [2.05, 4.69) is 22.9 Å². The van der Waals surface area contributed by atoms with Gasteiger partial charge in [0, 0.05) is 49.4 Å². The van der Waals surface area contributed by atoms with E-state index in [0.29, 0.717) is 23.5 Å². The van der Waals surface area contributed by atoms with Crippen molar-refractivity contribution < 1.29 is 38.6 Å². The summed E-state index contributed by atoms with van der Waals surface area (Å²) in [6, 6.07) is 5.60. The summed E-state index contributed by atoms with van der Waals surface area (Å²) in [5.74, 6) is -0.829. The van der Waals surface area contributed by atoms with E-state index in [4.69, 9.17) is 9.47 Å². The van der Waals surface area contributed by atoms with Crippen molar-refractivity contribution in [1.29, 1.82) is 0 Å². The van der Waals surface area contributed by atoms with Gasteiger partial charge >= 0.3 is 11.9 Å². The fourth-order valence-corrected chi connectivity index (χ4v) is 6.53. The second kappa shape index (κ2) is 28.3. The Kier molecular flexibility index (Phi) is 25.7. The van der Waals surface area contributed by atoms with Crippen LogP contribution < -0.4 is 16.0 Å². The maximum Gasteiger partial charge on any atom is 0.329 e. The first kappa shape index (κ1) is 49.9. The van der Waals surface area contributed by atoms with Crippen LogP contribution in [0.25, 0.3) is 0 Å². The quantitative estimate of drug-likeness (QED) is 0.0467. The molecule has 0 heterocycles. The van der Waals surface area contributed by atoms with Crippen molar-refractivity contribution in [3.8, 4) is 0 Å². The van der Waals surface area contributed by atoms with Crippen LogP contribution in [-0.4, -0.2) is 76.2 Å². The Hall–Kier alpha value is -3.12. The summed E-state index contributed by atoms with van der Waals surface area (Å²) in [6.45, 7) is 13.2. The van der Waals surface area contributed by atoms with Crippen molar-refractivity contribution in [1.82, 2.24) is 16.0 Å². The third-order valence-electron chi connectivity index (χ3n) is 8.59. The summed E-state index contributed by atoms with van der Waals surface area (Å²) >= 11 is 1.46. The lowest BCUT2D eigenvalue weighted by atomic mass is 10.0. The summed E-state index contributed by atoms with van der Waals surface area (Å²) in [5.41, 5.74) is -0.345. The van der Waals surface area contributed by atoms with Crippen molar-refractivity contribution in [2.45, 2.75) is 188 Å². The van der Waals surface area contributed by atoms with Crippen LogP contribution in [0.15, 0.2) is 24.3 Å². The molecule has 0 radical (unpaired) electrons. The van der Waals surface area contributed by atoms with E-state index in [1.165, 1.54) is 82.4 Å². The lowest BCUT2D eigenvalue weighted by Crippen LogP contribution is -2.44. The summed E-state index contributed by atoms with van der Waals surface area (Å²) in [5, 5.41) is 18.6. The molecule has 0 aromatic heterocycles. The molecule has 1 rings (SSSR count). The average molecular weight is 792 g/mol. The molecule has 0 aliphatic carbocycles. The van der Waals surface area contributed by atoms with Crippen LogP contribution in [0.4, 0.5) is 0 Å².